The van der Waals surface area contributed by atoms with E-state index in [-0.39, 0.29) is 4.90 Å². The number of aromatic nitrogens is 2. The van der Waals surface area contributed by atoms with E-state index in [2.05, 4.69) is 35.6 Å². The zero-order valence-electron chi connectivity index (χ0n) is 5.26. The van der Waals surface area contributed by atoms with E-state index in [1.54, 1.807) is 6.20 Å². The summed E-state index contributed by atoms with van der Waals surface area (Å²) in [5, 5.41) is 6.72. The summed E-state index contributed by atoms with van der Waals surface area (Å²) in [6.07, 6.45) is 1.75. The molecular formula is C5H10N2P2. The van der Waals surface area contributed by atoms with Gasteiger partial charge in [-0.3, -0.25) is 5.10 Å². The molecule has 1 rings (SSSR count). The van der Waals surface area contributed by atoms with Gasteiger partial charge in [0.15, 0.2) is 0 Å². The summed E-state index contributed by atoms with van der Waals surface area (Å²) in [5.74, 6) is 0. The van der Waals surface area contributed by atoms with Crippen molar-refractivity contribution < 1.29 is 0 Å². The molecule has 0 spiro atoms. The van der Waals surface area contributed by atoms with Gasteiger partial charge in [-0.05, 0) is 13.0 Å². The SMILES string of the molecule is CC(P)(P)c1ccn[nH]1. The van der Waals surface area contributed by atoms with Gasteiger partial charge in [0.1, 0.15) is 0 Å². The second-order valence-electron chi connectivity index (χ2n) is 2.25. The van der Waals surface area contributed by atoms with Gasteiger partial charge < -0.3 is 0 Å². The molecule has 0 saturated carbocycles. The van der Waals surface area contributed by atoms with Crippen LogP contribution in [0.15, 0.2) is 12.3 Å². The highest BCUT2D eigenvalue weighted by atomic mass is 31.1. The van der Waals surface area contributed by atoms with Crippen molar-refractivity contribution in [3.8, 4) is 0 Å². The highest BCUT2D eigenvalue weighted by molar-refractivity contribution is 7.38. The normalized spacial score (nSPS) is 11.9. The number of hydrogen-bond donors (Lipinski definition) is 1. The van der Waals surface area contributed by atoms with Gasteiger partial charge in [0.05, 0.1) is 0 Å². The Kier molecular flexibility index (Phi) is 1.88. The molecule has 0 fully saturated rings. The van der Waals surface area contributed by atoms with E-state index in [0.717, 1.165) is 5.69 Å². The third-order valence-corrected chi connectivity index (χ3v) is 1.70. The Morgan fingerprint density at radius 1 is 1.67 bits per heavy atom. The Morgan fingerprint density at radius 3 is 2.56 bits per heavy atom. The van der Waals surface area contributed by atoms with Gasteiger partial charge in [-0.2, -0.15) is 5.10 Å². The minimum Gasteiger partial charge on any atom is -0.281 e. The molecule has 2 unspecified atom stereocenters. The first kappa shape index (κ1) is 7.18. The van der Waals surface area contributed by atoms with Crippen molar-refractivity contribution in [2.24, 2.45) is 0 Å². The molecule has 0 aliphatic rings. The number of nitrogens with one attached hydrogen (secondary N) is 1. The predicted molar refractivity (Wildman–Crippen MR) is 45.4 cm³/mol. The van der Waals surface area contributed by atoms with Crippen molar-refractivity contribution >= 4 is 18.5 Å². The quantitative estimate of drug-likeness (QED) is 0.617. The summed E-state index contributed by atoms with van der Waals surface area (Å²) in [5.41, 5.74) is 1.11. The molecular weight excluding hydrogens is 150 g/mol. The average molecular weight is 160 g/mol. The lowest BCUT2D eigenvalue weighted by Gasteiger charge is -2.14. The highest BCUT2D eigenvalue weighted by Gasteiger charge is 2.14. The smallest absolute Gasteiger partial charge is 0.0490 e. The van der Waals surface area contributed by atoms with E-state index >= 15 is 0 Å². The Bertz CT molecular complexity index is 175. The Morgan fingerprint density at radius 2 is 2.33 bits per heavy atom. The van der Waals surface area contributed by atoms with Crippen LogP contribution in [-0.4, -0.2) is 10.2 Å². The van der Waals surface area contributed by atoms with Gasteiger partial charge in [-0.1, -0.05) is 0 Å². The molecule has 1 aromatic rings. The minimum absolute atomic E-state index is 0.0382. The topological polar surface area (TPSA) is 28.7 Å². The van der Waals surface area contributed by atoms with Crippen molar-refractivity contribution in [2.45, 2.75) is 11.8 Å². The summed E-state index contributed by atoms with van der Waals surface area (Å²) in [4.78, 5) is 0.0382. The molecule has 0 amide bonds. The fraction of sp³-hybridized carbons (Fsp3) is 0.400. The molecule has 9 heavy (non-hydrogen) atoms. The molecule has 0 radical (unpaired) electrons. The van der Waals surface area contributed by atoms with Crippen LogP contribution in [0.3, 0.4) is 0 Å². The van der Waals surface area contributed by atoms with Crippen molar-refractivity contribution in [1.82, 2.24) is 10.2 Å². The summed E-state index contributed by atoms with van der Waals surface area (Å²) in [7, 11) is 5.42. The lowest BCUT2D eigenvalue weighted by Crippen LogP contribution is -2.01. The highest BCUT2D eigenvalue weighted by Crippen LogP contribution is 2.35. The third-order valence-electron chi connectivity index (χ3n) is 1.08. The molecule has 2 nitrogen and oxygen atoms in total. The van der Waals surface area contributed by atoms with Gasteiger partial charge >= 0.3 is 0 Å². The van der Waals surface area contributed by atoms with E-state index in [1.165, 1.54) is 0 Å². The maximum atomic E-state index is 3.84. The van der Waals surface area contributed by atoms with Crippen LogP contribution in [-0.2, 0) is 4.90 Å². The second kappa shape index (κ2) is 2.36. The third kappa shape index (κ3) is 1.74. The molecule has 4 heteroatoms. The van der Waals surface area contributed by atoms with E-state index in [4.69, 9.17) is 0 Å². The number of hydrogen-bond acceptors (Lipinski definition) is 1. The fourth-order valence-corrected chi connectivity index (χ4v) is 0.877. The zero-order chi connectivity index (χ0) is 6.91. The van der Waals surface area contributed by atoms with E-state index < -0.39 is 0 Å². The molecule has 0 bridgehead atoms. The first-order valence-electron chi connectivity index (χ1n) is 2.68. The Balaban J connectivity index is 2.90. The van der Waals surface area contributed by atoms with Gasteiger partial charge in [0, 0.05) is 16.8 Å². The lowest BCUT2D eigenvalue weighted by atomic mass is 10.3. The Labute approximate surface area is 59.2 Å². The van der Waals surface area contributed by atoms with Crippen LogP contribution in [0.5, 0.6) is 0 Å². The molecule has 1 N–H and O–H groups in total. The minimum atomic E-state index is 0.0382. The van der Waals surface area contributed by atoms with E-state index in [1.807, 2.05) is 6.07 Å². The molecule has 1 heterocycles. The molecule has 50 valence electrons. The summed E-state index contributed by atoms with van der Waals surface area (Å²) < 4.78 is 0. The second-order valence-corrected chi connectivity index (χ2v) is 5.32. The number of H-pyrrole nitrogens is 1. The first-order valence-corrected chi connectivity index (χ1v) is 3.84. The van der Waals surface area contributed by atoms with Crippen LogP contribution in [0.2, 0.25) is 0 Å². The van der Waals surface area contributed by atoms with Crippen molar-refractivity contribution in [1.29, 1.82) is 0 Å². The Hall–Kier alpha value is 0.0700. The number of nitrogens with zero attached hydrogens (tertiary/aromatic N) is 1. The van der Waals surface area contributed by atoms with Gasteiger partial charge in [0.2, 0.25) is 0 Å². The van der Waals surface area contributed by atoms with Crippen molar-refractivity contribution in [2.75, 3.05) is 0 Å². The van der Waals surface area contributed by atoms with Crippen LogP contribution in [0.1, 0.15) is 12.6 Å². The molecule has 2 atom stereocenters. The van der Waals surface area contributed by atoms with Gasteiger partial charge in [-0.15, -0.1) is 18.5 Å². The molecule has 0 saturated heterocycles. The van der Waals surface area contributed by atoms with Crippen LogP contribution in [0.25, 0.3) is 0 Å². The lowest BCUT2D eigenvalue weighted by molar-refractivity contribution is 0.910. The van der Waals surface area contributed by atoms with Gasteiger partial charge in [-0.25, -0.2) is 0 Å². The standard InChI is InChI=1S/C5H10N2P2/c1-5(8,9)4-2-3-6-7-4/h2-3H,8-9H2,1H3,(H,6,7). The molecule has 0 aliphatic heterocycles. The van der Waals surface area contributed by atoms with Crippen LogP contribution in [0, 0.1) is 0 Å². The number of aromatic amines is 1. The number of rotatable bonds is 1. The zero-order valence-corrected chi connectivity index (χ0v) is 7.57. The predicted octanol–water partition coefficient (Wildman–Crippen LogP) is 1.33. The maximum Gasteiger partial charge on any atom is 0.0490 e. The largest absolute Gasteiger partial charge is 0.281 e. The monoisotopic (exact) mass is 160 g/mol. The van der Waals surface area contributed by atoms with E-state index in [9.17, 15) is 0 Å². The van der Waals surface area contributed by atoms with Crippen molar-refractivity contribution in [3.05, 3.63) is 18.0 Å². The average Bonchev–Trinajstić information content (AvgIpc) is 2.08. The molecule has 1 aromatic heterocycles. The summed E-state index contributed by atoms with van der Waals surface area (Å²) in [6, 6.07) is 1.96. The van der Waals surface area contributed by atoms with Crippen LogP contribution in [0.4, 0.5) is 0 Å². The maximum absolute atomic E-state index is 3.84. The fourth-order valence-electron chi connectivity index (χ4n) is 0.556. The molecule has 0 aliphatic carbocycles. The van der Waals surface area contributed by atoms with Crippen LogP contribution < -0.4 is 0 Å². The molecule has 0 aromatic carbocycles. The van der Waals surface area contributed by atoms with Gasteiger partial charge in [0.25, 0.3) is 0 Å². The van der Waals surface area contributed by atoms with Crippen molar-refractivity contribution in [3.63, 3.8) is 0 Å². The summed E-state index contributed by atoms with van der Waals surface area (Å²) in [6.45, 7) is 2.08. The first-order chi connectivity index (χ1) is 4.11. The van der Waals surface area contributed by atoms with Crippen LogP contribution >= 0.6 is 18.5 Å². The summed E-state index contributed by atoms with van der Waals surface area (Å²) >= 11 is 0. The van der Waals surface area contributed by atoms with E-state index in [0.29, 0.717) is 0 Å².